The van der Waals surface area contributed by atoms with E-state index in [9.17, 15) is 19.2 Å². The lowest BCUT2D eigenvalue weighted by Crippen LogP contribution is -2.53. The Hall–Kier alpha value is -2.12. The Morgan fingerprint density at radius 3 is 2.12 bits per heavy atom. The Bertz CT molecular complexity index is 486. The minimum Gasteiger partial charge on any atom is -0.480 e. The molecule has 1 aliphatic rings. The average molecular weight is 341 g/mol. The number of carboxylic acids is 1. The van der Waals surface area contributed by atoms with Gasteiger partial charge < -0.3 is 21.1 Å². The average Bonchev–Trinajstić information content (AvgIpc) is 3.03. The standard InChI is InChI=1S/C16H27N3O5/c1-9(2)13(16(23)24)19-14(21)10(3)18-12(20)8-17-15(22)11-6-4-5-7-11/h9-11,13H,4-8H2,1-3H3,(H,17,22)(H,18,20)(H,19,21)(H,23,24)/t10-,13-/m0/s1. The van der Waals surface area contributed by atoms with Crippen molar-refractivity contribution < 1.29 is 24.3 Å². The van der Waals surface area contributed by atoms with Crippen LogP contribution in [0.1, 0.15) is 46.5 Å². The summed E-state index contributed by atoms with van der Waals surface area (Å²) in [4.78, 5) is 46.7. The molecule has 0 aromatic rings. The van der Waals surface area contributed by atoms with Crippen molar-refractivity contribution in [1.82, 2.24) is 16.0 Å². The van der Waals surface area contributed by atoms with Crippen LogP contribution >= 0.6 is 0 Å². The molecule has 136 valence electrons. The van der Waals surface area contributed by atoms with Gasteiger partial charge >= 0.3 is 5.97 Å². The second kappa shape index (κ2) is 9.24. The van der Waals surface area contributed by atoms with E-state index in [1.165, 1.54) is 6.92 Å². The fraction of sp³-hybridized carbons (Fsp3) is 0.750. The van der Waals surface area contributed by atoms with Crippen molar-refractivity contribution in [2.45, 2.75) is 58.5 Å². The van der Waals surface area contributed by atoms with Crippen molar-refractivity contribution in [2.24, 2.45) is 11.8 Å². The normalized spacial score (nSPS) is 17.2. The van der Waals surface area contributed by atoms with Gasteiger partial charge in [-0.2, -0.15) is 0 Å². The lowest BCUT2D eigenvalue weighted by Gasteiger charge is -2.21. The molecule has 0 spiro atoms. The summed E-state index contributed by atoms with van der Waals surface area (Å²) in [5, 5.41) is 16.5. The molecule has 1 fully saturated rings. The maximum absolute atomic E-state index is 12.0. The van der Waals surface area contributed by atoms with Crippen LogP contribution in [0.3, 0.4) is 0 Å². The van der Waals surface area contributed by atoms with Gasteiger partial charge in [0.2, 0.25) is 17.7 Å². The number of carboxylic acid groups (broad SMARTS) is 1. The molecule has 0 aliphatic heterocycles. The van der Waals surface area contributed by atoms with Gasteiger partial charge in [-0.1, -0.05) is 26.7 Å². The Morgan fingerprint density at radius 1 is 1.04 bits per heavy atom. The summed E-state index contributed by atoms with van der Waals surface area (Å²) < 4.78 is 0. The zero-order valence-electron chi connectivity index (χ0n) is 14.4. The molecule has 3 amide bonds. The number of nitrogens with one attached hydrogen (secondary N) is 3. The van der Waals surface area contributed by atoms with Gasteiger partial charge in [0, 0.05) is 5.92 Å². The third-order valence-corrected chi connectivity index (χ3v) is 4.15. The van der Waals surface area contributed by atoms with Crippen molar-refractivity contribution in [2.75, 3.05) is 6.54 Å². The first-order valence-corrected chi connectivity index (χ1v) is 8.32. The first kappa shape index (κ1) is 19.9. The minimum absolute atomic E-state index is 0.0270. The molecule has 0 aromatic carbocycles. The molecule has 0 radical (unpaired) electrons. The number of carbonyl (C=O) groups is 4. The maximum Gasteiger partial charge on any atom is 0.326 e. The first-order chi connectivity index (χ1) is 11.2. The second-order valence-electron chi connectivity index (χ2n) is 6.56. The fourth-order valence-corrected chi connectivity index (χ4v) is 2.65. The predicted molar refractivity (Wildman–Crippen MR) is 87.0 cm³/mol. The number of carbonyl (C=O) groups excluding carboxylic acids is 3. The molecule has 0 aromatic heterocycles. The summed E-state index contributed by atoms with van der Waals surface area (Å²) in [7, 11) is 0. The fourth-order valence-electron chi connectivity index (χ4n) is 2.65. The van der Waals surface area contributed by atoms with Crippen molar-refractivity contribution in [1.29, 1.82) is 0 Å². The van der Waals surface area contributed by atoms with Gasteiger partial charge in [0.15, 0.2) is 0 Å². The molecular weight excluding hydrogens is 314 g/mol. The van der Waals surface area contributed by atoms with Crippen LogP contribution in [0, 0.1) is 11.8 Å². The zero-order chi connectivity index (χ0) is 18.3. The highest BCUT2D eigenvalue weighted by Gasteiger charge is 2.27. The SMILES string of the molecule is CC(C)[C@H](NC(=O)[C@H](C)NC(=O)CNC(=O)C1CCCC1)C(=O)O. The molecule has 1 rings (SSSR count). The van der Waals surface area contributed by atoms with E-state index >= 15 is 0 Å². The van der Waals surface area contributed by atoms with Gasteiger partial charge in [0.05, 0.1) is 6.54 Å². The van der Waals surface area contributed by atoms with Gasteiger partial charge in [-0.05, 0) is 25.7 Å². The van der Waals surface area contributed by atoms with E-state index < -0.39 is 29.9 Å². The van der Waals surface area contributed by atoms with Gasteiger partial charge in [0.1, 0.15) is 12.1 Å². The quantitative estimate of drug-likeness (QED) is 0.495. The minimum atomic E-state index is -1.12. The third kappa shape index (κ3) is 6.17. The Labute approximate surface area is 141 Å². The molecule has 8 nitrogen and oxygen atoms in total. The van der Waals surface area contributed by atoms with E-state index in [0.29, 0.717) is 0 Å². The highest BCUT2D eigenvalue weighted by atomic mass is 16.4. The van der Waals surface area contributed by atoms with Crippen LogP contribution in [0.25, 0.3) is 0 Å². The van der Waals surface area contributed by atoms with Crippen molar-refractivity contribution in [3.63, 3.8) is 0 Å². The summed E-state index contributed by atoms with van der Waals surface area (Å²) in [6, 6.07) is -1.90. The molecular formula is C16H27N3O5. The van der Waals surface area contributed by atoms with Gasteiger partial charge in [-0.3, -0.25) is 14.4 Å². The summed E-state index contributed by atoms with van der Waals surface area (Å²) >= 11 is 0. The number of rotatable bonds is 8. The van der Waals surface area contributed by atoms with Crippen LogP contribution in [-0.4, -0.2) is 47.4 Å². The van der Waals surface area contributed by atoms with E-state index in [-0.39, 0.29) is 24.3 Å². The van der Waals surface area contributed by atoms with Crippen LogP contribution < -0.4 is 16.0 Å². The summed E-state index contributed by atoms with van der Waals surface area (Å²) in [5.74, 6) is -2.63. The highest BCUT2D eigenvalue weighted by molar-refractivity contribution is 5.91. The van der Waals surface area contributed by atoms with Crippen LogP contribution in [0.5, 0.6) is 0 Å². The van der Waals surface area contributed by atoms with E-state index in [2.05, 4.69) is 16.0 Å². The molecule has 4 N–H and O–H groups in total. The van der Waals surface area contributed by atoms with E-state index in [4.69, 9.17) is 5.11 Å². The van der Waals surface area contributed by atoms with E-state index in [1.54, 1.807) is 13.8 Å². The van der Waals surface area contributed by atoms with E-state index in [0.717, 1.165) is 25.7 Å². The Balaban J connectivity index is 2.38. The first-order valence-electron chi connectivity index (χ1n) is 8.32. The molecule has 0 saturated heterocycles. The Kier molecular flexibility index (Phi) is 7.67. The lowest BCUT2D eigenvalue weighted by atomic mass is 10.0. The number of aliphatic carboxylic acids is 1. The lowest BCUT2D eigenvalue weighted by molar-refractivity contribution is -0.143. The maximum atomic E-state index is 12.0. The predicted octanol–water partition coefficient (Wildman–Crippen LogP) is 0.0229. The smallest absolute Gasteiger partial charge is 0.326 e. The summed E-state index contributed by atoms with van der Waals surface area (Å²) in [5.41, 5.74) is 0. The molecule has 0 bridgehead atoms. The van der Waals surface area contributed by atoms with E-state index in [1.807, 2.05) is 0 Å². The van der Waals surface area contributed by atoms with Crippen LogP contribution in [0.15, 0.2) is 0 Å². The zero-order valence-corrected chi connectivity index (χ0v) is 14.4. The van der Waals surface area contributed by atoms with Crippen LogP contribution in [0.2, 0.25) is 0 Å². The molecule has 8 heteroatoms. The topological polar surface area (TPSA) is 125 Å². The highest BCUT2D eigenvalue weighted by Crippen LogP contribution is 2.24. The van der Waals surface area contributed by atoms with Gasteiger partial charge in [-0.15, -0.1) is 0 Å². The molecule has 2 atom stereocenters. The van der Waals surface area contributed by atoms with Crippen molar-refractivity contribution in [3.8, 4) is 0 Å². The van der Waals surface area contributed by atoms with Gasteiger partial charge in [-0.25, -0.2) is 4.79 Å². The third-order valence-electron chi connectivity index (χ3n) is 4.15. The molecule has 24 heavy (non-hydrogen) atoms. The molecule has 1 saturated carbocycles. The van der Waals surface area contributed by atoms with Gasteiger partial charge in [0.25, 0.3) is 0 Å². The molecule has 1 aliphatic carbocycles. The summed E-state index contributed by atoms with van der Waals surface area (Å²) in [6.45, 7) is 4.63. The largest absolute Gasteiger partial charge is 0.480 e. The number of hydrogen-bond acceptors (Lipinski definition) is 4. The molecule has 0 heterocycles. The number of hydrogen-bond donors (Lipinski definition) is 4. The Morgan fingerprint density at radius 2 is 1.62 bits per heavy atom. The summed E-state index contributed by atoms with van der Waals surface area (Å²) in [6.07, 6.45) is 3.75. The van der Waals surface area contributed by atoms with Crippen molar-refractivity contribution in [3.05, 3.63) is 0 Å². The van der Waals surface area contributed by atoms with Crippen LogP contribution in [0.4, 0.5) is 0 Å². The monoisotopic (exact) mass is 341 g/mol. The molecule has 0 unspecified atom stereocenters. The number of amides is 3. The second-order valence-corrected chi connectivity index (χ2v) is 6.56. The van der Waals surface area contributed by atoms with Crippen molar-refractivity contribution >= 4 is 23.7 Å². The van der Waals surface area contributed by atoms with Crippen LogP contribution in [-0.2, 0) is 19.2 Å².